The predicted molar refractivity (Wildman–Crippen MR) is 81.3 cm³/mol. The van der Waals surface area contributed by atoms with Crippen LogP contribution in [0.4, 0.5) is 0 Å². The Morgan fingerprint density at radius 2 is 2.00 bits per heavy atom. The highest BCUT2D eigenvalue weighted by molar-refractivity contribution is 7.98. The van der Waals surface area contributed by atoms with Gasteiger partial charge in [0.1, 0.15) is 0 Å². The van der Waals surface area contributed by atoms with E-state index in [4.69, 9.17) is 5.41 Å². The Hall–Kier alpha value is -1.35. The standard InChI is InChI=1S/C16H19NOS/c1-11-4-3-5-13(10-11)15(17)16(18)12-6-8-14(19-2)9-7-12/h3,5-9,11,13,17H,4,10H2,1-2H3. The van der Waals surface area contributed by atoms with Crippen LogP contribution in [0.1, 0.15) is 30.1 Å². The first-order valence-corrected chi connectivity index (χ1v) is 7.78. The number of hydrogen-bond acceptors (Lipinski definition) is 3. The zero-order valence-corrected chi connectivity index (χ0v) is 12.2. The molecule has 0 aromatic heterocycles. The summed E-state index contributed by atoms with van der Waals surface area (Å²) in [5.74, 6) is 0.398. The van der Waals surface area contributed by atoms with Gasteiger partial charge >= 0.3 is 0 Å². The van der Waals surface area contributed by atoms with E-state index < -0.39 is 0 Å². The number of Topliss-reactive ketones (excluding diaryl/α,β-unsaturated/α-hetero) is 1. The van der Waals surface area contributed by atoms with Crippen molar-refractivity contribution in [3.63, 3.8) is 0 Å². The highest BCUT2D eigenvalue weighted by atomic mass is 32.2. The molecule has 1 aliphatic carbocycles. The highest BCUT2D eigenvalue weighted by Crippen LogP contribution is 2.25. The Balaban J connectivity index is 2.12. The van der Waals surface area contributed by atoms with Gasteiger partial charge in [0, 0.05) is 16.4 Å². The molecule has 0 aliphatic heterocycles. The molecule has 0 bridgehead atoms. The van der Waals surface area contributed by atoms with Crippen LogP contribution in [0.15, 0.2) is 41.3 Å². The van der Waals surface area contributed by atoms with Crippen molar-refractivity contribution in [3.8, 4) is 0 Å². The molecule has 0 fully saturated rings. The summed E-state index contributed by atoms with van der Waals surface area (Å²) in [7, 11) is 0. The first-order chi connectivity index (χ1) is 9.11. The van der Waals surface area contributed by atoms with E-state index >= 15 is 0 Å². The third-order valence-electron chi connectivity index (χ3n) is 3.53. The van der Waals surface area contributed by atoms with Crippen molar-refractivity contribution in [2.75, 3.05) is 6.26 Å². The van der Waals surface area contributed by atoms with Gasteiger partial charge in [0.2, 0.25) is 5.78 Å². The largest absolute Gasteiger partial charge is 0.301 e. The minimum atomic E-state index is -0.142. The summed E-state index contributed by atoms with van der Waals surface area (Å²) in [4.78, 5) is 13.4. The second-order valence-corrected chi connectivity index (χ2v) is 5.96. The lowest BCUT2D eigenvalue weighted by atomic mass is 9.83. The minimum absolute atomic E-state index is 0.0172. The van der Waals surface area contributed by atoms with Gasteiger partial charge < -0.3 is 5.41 Å². The third kappa shape index (κ3) is 3.35. The minimum Gasteiger partial charge on any atom is -0.301 e. The van der Waals surface area contributed by atoms with Crippen molar-refractivity contribution >= 4 is 23.3 Å². The van der Waals surface area contributed by atoms with E-state index in [0.29, 0.717) is 11.5 Å². The molecular weight excluding hydrogens is 254 g/mol. The fraction of sp³-hybridized carbons (Fsp3) is 0.375. The Morgan fingerprint density at radius 3 is 2.58 bits per heavy atom. The average molecular weight is 273 g/mol. The van der Waals surface area contributed by atoms with E-state index in [1.54, 1.807) is 11.8 Å². The molecule has 1 aliphatic rings. The van der Waals surface area contributed by atoms with Gasteiger partial charge in [-0.05, 0) is 49.3 Å². The molecule has 100 valence electrons. The van der Waals surface area contributed by atoms with Gasteiger partial charge in [-0.15, -0.1) is 11.8 Å². The van der Waals surface area contributed by atoms with E-state index in [1.807, 2.05) is 36.6 Å². The number of carbonyl (C=O) groups is 1. The maximum absolute atomic E-state index is 12.3. The van der Waals surface area contributed by atoms with Crippen LogP contribution in [-0.2, 0) is 0 Å². The fourth-order valence-electron chi connectivity index (χ4n) is 2.36. The number of carbonyl (C=O) groups excluding carboxylic acids is 1. The Kier molecular flexibility index (Phi) is 4.59. The van der Waals surface area contributed by atoms with Crippen molar-refractivity contribution in [1.82, 2.24) is 0 Å². The molecule has 0 saturated heterocycles. The second kappa shape index (κ2) is 6.20. The zero-order chi connectivity index (χ0) is 13.8. The molecule has 2 nitrogen and oxygen atoms in total. The summed E-state index contributed by atoms with van der Waals surface area (Å²) in [6.45, 7) is 2.17. The number of ketones is 1. The van der Waals surface area contributed by atoms with Crippen molar-refractivity contribution in [2.45, 2.75) is 24.7 Å². The van der Waals surface area contributed by atoms with Gasteiger partial charge in [0.15, 0.2) is 0 Å². The van der Waals surface area contributed by atoms with Crippen molar-refractivity contribution in [1.29, 1.82) is 5.41 Å². The van der Waals surface area contributed by atoms with Gasteiger partial charge in [0.25, 0.3) is 0 Å². The van der Waals surface area contributed by atoms with Crippen molar-refractivity contribution < 1.29 is 4.79 Å². The smallest absolute Gasteiger partial charge is 0.207 e. The molecule has 1 aromatic carbocycles. The van der Waals surface area contributed by atoms with Crippen LogP contribution in [0.25, 0.3) is 0 Å². The van der Waals surface area contributed by atoms with E-state index in [1.165, 1.54) is 0 Å². The van der Waals surface area contributed by atoms with Crippen LogP contribution >= 0.6 is 11.8 Å². The number of rotatable bonds is 4. The maximum Gasteiger partial charge on any atom is 0.207 e. The first kappa shape index (κ1) is 14.1. The molecular formula is C16H19NOS. The molecule has 1 N–H and O–H groups in total. The lowest BCUT2D eigenvalue weighted by Crippen LogP contribution is -2.25. The molecule has 0 radical (unpaired) electrons. The van der Waals surface area contributed by atoms with Crippen molar-refractivity contribution in [3.05, 3.63) is 42.0 Å². The summed E-state index contributed by atoms with van der Waals surface area (Å²) >= 11 is 1.65. The fourth-order valence-corrected chi connectivity index (χ4v) is 2.77. The predicted octanol–water partition coefficient (Wildman–Crippen LogP) is 4.21. The summed E-state index contributed by atoms with van der Waals surface area (Å²) < 4.78 is 0. The molecule has 0 heterocycles. The number of benzene rings is 1. The Bertz CT molecular complexity index is 504. The summed E-state index contributed by atoms with van der Waals surface area (Å²) in [5, 5.41) is 8.11. The number of allylic oxidation sites excluding steroid dienone is 2. The van der Waals surface area contributed by atoms with E-state index in [0.717, 1.165) is 17.7 Å². The van der Waals surface area contributed by atoms with Gasteiger partial charge in [-0.2, -0.15) is 0 Å². The monoisotopic (exact) mass is 273 g/mol. The molecule has 0 spiro atoms. The quantitative estimate of drug-likeness (QED) is 0.386. The van der Waals surface area contributed by atoms with Crippen LogP contribution in [0.5, 0.6) is 0 Å². The third-order valence-corrected chi connectivity index (χ3v) is 4.27. The van der Waals surface area contributed by atoms with E-state index in [2.05, 4.69) is 13.0 Å². The molecule has 0 saturated carbocycles. The zero-order valence-electron chi connectivity index (χ0n) is 11.3. The molecule has 19 heavy (non-hydrogen) atoms. The van der Waals surface area contributed by atoms with Crippen LogP contribution in [0.3, 0.4) is 0 Å². The normalized spacial score (nSPS) is 22.2. The topological polar surface area (TPSA) is 40.9 Å². The van der Waals surface area contributed by atoms with Crippen molar-refractivity contribution in [2.24, 2.45) is 11.8 Å². The molecule has 2 atom stereocenters. The van der Waals surface area contributed by atoms with Crippen LogP contribution in [0, 0.1) is 17.2 Å². The maximum atomic E-state index is 12.3. The molecule has 3 heteroatoms. The SMILES string of the molecule is CSc1ccc(C(=O)C(=N)C2C=CCC(C)C2)cc1. The molecule has 0 amide bonds. The summed E-state index contributed by atoms with van der Waals surface area (Å²) in [6.07, 6.45) is 8.07. The Labute approximate surface area is 118 Å². The van der Waals surface area contributed by atoms with E-state index in [-0.39, 0.29) is 17.4 Å². The van der Waals surface area contributed by atoms with Gasteiger partial charge in [-0.1, -0.05) is 19.1 Å². The molecule has 2 unspecified atom stereocenters. The number of hydrogen-bond donors (Lipinski definition) is 1. The van der Waals surface area contributed by atoms with Gasteiger partial charge in [0.05, 0.1) is 5.71 Å². The Morgan fingerprint density at radius 1 is 1.32 bits per heavy atom. The summed E-state index contributed by atoms with van der Waals surface area (Å²) in [6, 6.07) is 7.51. The molecule has 2 rings (SSSR count). The van der Waals surface area contributed by atoms with Gasteiger partial charge in [-0.25, -0.2) is 0 Å². The average Bonchev–Trinajstić information content (AvgIpc) is 2.46. The lowest BCUT2D eigenvalue weighted by Gasteiger charge is -2.21. The number of thioether (sulfide) groups is 1. The van der Waals surface area contributed by atoms with Crippen LogP contribution < -0.4 is 0 Å². The van der Waals surface area contributed by atoms with Crippen LogP contribution in [0.2, 0.25) is 0 Å². The number of nitrogens with one attached hydrogen (secondary N) is 1. The summed E-state index contributed by atoms with van der Waals surface area (Å²) in [5.41, 5.74) is 0.842. The van der Waals surface area contributed by atoms with Gasteiger partial charge in [-0.3, -0.25) is 4.79 Å². The first-order valence-electron chi connectivity index (χ1n) is 6.55. The lowest BCUT2D eigenvalue weighted by molar-refractivity contribution is 0.106. The second-order valence-electron chi connectivity index (χ2n) is 5.08. The van der Waals surface area contributed by atoms with E-state index in [9.17, 15) is 4.79 Å². The van der Waals surface area contributed by atoms with Crippen LogP contribution in [-0.4, -0.2) is 17.8 Å². The molecule has 1 aromatic rings. The highest BCUT2D eigenvalue weighted by Gasteiger charge is 2.24.